The molecule has 0 spiro atoms. The number of methoxy groups -OCH3 is 1. The summed E-state index contributed by atoms with van der Waals surface area (Å²) in [5.41, 5.74) is 4.34. The predicted octanol–water partition coefficient (Wildman–Crippen LogP) is 2.34. The highest BCUT2D eigenvalue weighted by Crippen LogP contribution is 2.44. The molecule has 1 aromatic heterocycles. The van der Waals surface area contributed by atoms with Gasteiger partial charge >= 0.3 is 12.1 Å². The van der Waals surface area contributed by atoms with Crippen molar-refractivity contribution in [3.8, 4) is 11.1 Å². The van der Waals surface area contributed by atoms with Gasteiger partial charge in [0.05, 0.1) is 18.7 Å². The number of carboxylic acid groups (broad SMARTS) is 1. The Kier molecular flexibility index (Phi) is 7.32. The minimum Gasteiger partial charge on any atom is -0.478 e. The molecule has 0 radical (unpaired) electrons. The molecule has 0 saturated carbocycles. The zero-order valence-corrected chi connectivity index (χ0v) is 18.9. The molecule has 3 aromatic rings. The number of amides is 2. The number of carbonyl (C=O) groups excluding carboxylic acids is 2. The van der Waals surface area contributed by atoms with Crippen LogP contribution >= 0.6 is 0 Å². The van der Waals surface area contributed by atoms with E-state index >= 15 is 0 Å². The topological polar surface area (TPSA) is 140 Å². The number of fused-ring (bicyclic) bond motifs is 3. The fourth-order valence-corrected chi connectivity index (χ4v) is 3.98. The van der Waals surface area contributed by atoms with E-state index in [1.165, 1.54) is 7.11 Å². The highest BCUT2D eigenvalue weighted by Gasteiger charge is 2.29. The van der Waals surface area contributed by atoms with Gasteiger partial charge in [0.2, 0.25) is 5.91 Å². The zero-order valence-electron chi connectivity index (χ0n) is 18.9. The van der Waals surface area contributed by atoms with Gasteiger partial charge in [-0.05, 0) is 22.3 Å². The third kappa shape index (κ3) is 5.44. The quantitative estimate of drug-likeness (QED) is 0.428. The van der Waals surface area contributed by atoms with Gasteiger partial charge in [0.15, 0.2) is 0 Å². The van der Waals surface area contributed by atoms with Gasteiger partial charge in [-0.1, -0.05) is 48.5 Å². The molecule has 0 bridgehead atoms. The lowest BCUT2D eigenvalue weighted by molar-refractivity contribution is -0.124. The number of nitrogens with zero attached hydrogens (tertiary/aromatic N) is 2. The van der Waals surface area contributed by atoms with E-state index in [1.54, 1.807) is 0 Å². The van der Waals surface area contributed by atoms with Gasteiger partial charge in [0.25, 0.3) is 0 Å². The standard InChI is InChI=1S/C25H24N4O6/c1-34-14-21(23(30)28-12-22-26-10-15(11-27-22)24(31)32)29-25(33)35-13-20-18-8-4-2-6-16(18)17-7-3-5-9-19(17)20/h2-11,20-21H,12-14H2,1H3,(H,28,30)(H,29,33)(H,31,32)/t21-/m0/s1. The van der Waals surface area contributed by atoms with E-state index in [9.17, 15) is 14.4 Å². The van der Waals surface area contributed by atoms with Crippen molar-refractivity contribution < 1.29 is 29.0 Å². The molecule has 4 rings (SSSR count). The number of hydrogen-bond donors (Lipinski definition) is 3. The van der Waals surface area contributed by atoms with Crippen LogP contribution in [0.3, 0.4) is 0 Å². The van der Waals surface area contributed by atoms with Crippen LogP contribution in [0.4, 0.5) is 4.79 Å². The second-order valence-electron chi connectivity index (χ2n) is 7.89. The van der Waals surface area contributed by atoms with Gasteiger partial charge in [0, 0.05) is 25.4 Å². The maximum Gasteiger partial charge on any atom is 0.407 e. The van der Waals surface area contributed by atoms with Crippen molar-refractivity contribution in [2.45, 2.75) is 18.5 Å². The fraction of sp³-hybridized carbons (Fsp3) is 0.240. The minimum absolute atomic E-state index is 0.0503. The second-order valence-corrected chi connectivity index (χ2v) is 7.89. The van der Waals surface area contributed by atoms with E-state index in [1.807, 2.05) is 48.5 Å². The van der Waals surface area contributed by atoms with Crippen LogP contribution in [0.5, 0.6) is 0 Å². The molecule has 2 aromatic carbocycles. The maximum atomic E-state index is 12.6. The normalized spacial score (nSPS) is 12.8. The summed E-state index contributed by atoms with van der Waals surface area (Å²) in [4.78, 5) is 43.8. The number of benzene rings is 2. The van der Waals surface area contributed by atoms with Crippen LogP contribution in [0.2, 0.25) is 0 Å². The van der Waals surface area contributed by atoms with E-state index in [0.717, 1.165) is 34.6 Å². The number of ether oxygens (including phenoxy) is 2. The fourth-order valence-electron chi connectivity index (χ4n) is 3.98. The number of aromatic nitrogens is 2. The number of carbonyl (C=O) groups is 3. The zero-order chi connectivity index (χ0) is 24.8. The number of rotatable bonds is 9. The molecular formula is C25H24N4O6. The number of alkyl carbamates (subject to hydrolysis) is 1. The molecular weight excluding hydrogens is 452 g/mol. The second kappa shape index (κ2) is 10.7. The predicted molar refractivity (Wildman–Crippen MR) is 125 cm³/mol. The molecule has 1 heterocycles. The summed E-state index contributed by atoms with van der Waals surface area (Å²) in [7, 11) is 1.41. The highest BCUT2D eigenvalue weighted by molar-refractivity contribution is 5.87. The average Bonchev–Trinajstić information content (AvgIpc) is 3.19. The van der Waals surface area contributed by atoms with Crippen LogP contribution in [0.25, 0.3) is 11.1 Å². The summed E-state index contributed by atoms with van der Waals surface area (Å²) in [6.45, 7) is -0.00883. The third-order valence-corrected chi connectivity index (χ3v) is 5.66. The van der Waals surface area contributed by atoms with Crippen molar-refractivity contribution in [2.24, 2.45) is 0 Å². The summed E-state index contributed by atoms with van der Waals surface area (Å²) in [6, 6.07) is 15.0. The van der Waals surface area contributed by atoms with Crippen LogP contribution in [-0.2, 0) is 20.8 Å². The molecule has 0 saturated heterocycles. The van der Waals surface area contributed by atoms with Crippen molar-refractivity contribution in [3.05, 3.63) is 83.4 Å². The Morgan fingerprint density at radius 3 is 2.17 bits per heavy atom. The van der Waals surface area contributed by atoms with Crippen LogP contribution in [-0.4, -0.2) is 59.4 Å². The minimum atomic E-state index is -1.15. The summed E-state index contributed by atoms with van der Waals surface area (Å²) in [6.07, 6.45) is 1.56. The monoisotopic (exact) mass is 476 g/mol. The molecule has 0 unspecified atom stereocenters. The number of nitrogens with one attached hydrogen (secondary N) is 2. The van der Waals surface area contributed by atoms with Crippen LogP contribution in [0.15, 0.2) is 60.9 Å². The Balaban J connectivity index is 1.34. The van der Waals surface area contributed by atoms with Crippen LogP contribution in [0, 0.1) is 0 Å². The Morgan fingerprint density at radius 1 is 1.00 bits per heavy atom. The molecule has 1 aliphatic rings. The first-order valence-electron chi connectivity index (χ1n) is 10.9. The Hall–Kier alpha value is -4.31. The van der Waals surface area contributed by atoms with Crippen molar-refractivity contribution in [3.63, 3.8) is 0 Å². The lowest BCUT2D eigenvalue weighted by Gasteiger charge is -2.19. The molecule has 10 heteroatoms. The smallest absolute Gasteiger partial charge is 0.407 e. The van der Waals surface area contributed by atoms with Gasteiger partial charge < -0.3 is 25.2 Å². The first-order chi connectivity index (χ1) is 17.0. The van der Waals surface area contributed by atoms with E-state index in [0.29, 0.717) is 0 Å². The molecule has 35 heavy (non-hydrogen) atoms. The lowest BCUT2D eigenvalue weighted by Crippen LogP contribution is -2.49. The van der Waals surface area contributed by atoms with E-state index in [-0.39, 0.29) is 37.1 Å². The first-order valence-corrected chi connectivity index (χ1v) is 10.9. The summed E-state index contributed by atoms with van der Waals surface area (Å²) < 4.78 is 10.6. The van der Waals surface area contributed by atoms with E-state index in [4.69, 9.17) is 14.6 Å². The third-order valence-electron chi connectivity index (χ3n) is 5.66. The maximum absolute atomic E-state index is 12.6. The lowest BCUT2D eigenvalue weighted by atomic mass is 9.98. The van der Waals surface area contributed by atoms with Crippen LogP contribution < -0.4 is 10.6 Å². The Labute approximate surface area is 201 Å². The van der Waals surface area contributed by atoms with Gasteiger partial charge in [-0.15, -0.1) is 0 Å². The first kappa shape index (κ1) is 23.8. The number of carboxylic acids is 1. The van der Waals surface area contributed by atoms with Crippen molar-refractivity contribution in [1.82, 2.24) is 20.6 Å². The van der Waals surface area contributed by atoms with E-state index in [2.05, 4.69) is 20.6 Å². The number of aromatic carboxylic acids is 1. The Bertz CT molecular complexity index is 1190. The molecule has 0 fully saturated rings. The summed E-state index contributed by atoms with van der Waals surface area (Å²) >= 11 is 0. The molecule has 3 N–H and O–H groups in total. The molecule has 1 aliphatic carbocycles. The van der Waals surface area contributed by atoms with Gasteiger partial charge in [-0.2, -0.15) is 0 Å². The summed E-state index contributed by atoms with van der Waals surface area (Å²) in [5.74, 6) is -1.55. The van der Waals surface area contributed by atoms with Crippen molar-refractivity contribution in [1.29, 1.82) is 0 Å². The SMILES string of the molecule is COC[C@H](NC(=O)OCC1c2ccccc2-c2ccccc21)C(=O)NCc1ncc(C(=O)O)cn1. The van der Waals surface area contributed by atoms with Crippen molar-refractivity contribution >= 4 is 18.0 Å². The van der Waals surface area contributed by atoms with Gasteiger partial charge in [-0.3, -0.25) is 4.79 Å². The average molecular weight is 476 g/mol. The van der Waals surface area contributed by atoms with Gasteiger partial charge in [-0.25, -0.2) is 19.6 Å². The molecule has 2 amide bonds. The van der Waals surface area contributed by atoms with Crippen LogP contribution in [0.1, 0.15) is 33.2 Å². The Morgan fingerprint density at radius 2 is 1.60 bits per heavy atom. The van der Waals surface area contributed by atoms with Gasteiger partial charge in [0.1, 0.15) is 18.5 Å². The summed E-state index contributed by atoms with van der Waals surface area (Å²) in [5, 5.41) is 14.0. The molecule has 0 aliphatic heterocycles. The van der Waals surface area contributed by atoms with Crippen molar-refractivity contribution in [2.75, 3.05) is 20.3 Å². The molecule has 10 nitrogen and oxygen atoms in total. The van der Waals surface area contributed by atoms with E-state index < -0.39 is 24.0 Å². The highest BCUT2D eigenvalue weighted by atomic mass is 16.5. The largest absolute Gasteiger partial charge is 0.478 e. The number of hydrogen-bond acceptors (Lipinski definition) is 7. The molecule has 1 atom stereocenters. The molecule has 180 valence electrons.